The van der Waals surface area contributed by atoms with E-state index in [0.717, 1.165) is 16.5 Å². The highest BCUT2D eigenvalue weighted by Crippen LogP contribution is 2.35. The van der Waals surface area contributed by atoms with E-state index >= 15 is 0 Å². The van der Waals surface area contributed by atoms with Crippen LogP contribution in [0.1, 0.15) is 15.9 Å². The molecule has 1 aliphatic heterocycles. The first-order valence-corrected chi connectivity index (χ1v) is 9.42. The van der Waals surface area contributed by atoms with E-state index in [1.54, 1.807) is 12.1 Å². The molecule has 7 heteroatoms. The van der Waals surface area contributed by atoms with Gasteiger partial charge in [0.1, 0.15) is 13.2 Å². The summed E-state index contributed by atoms with van der Waals surface area (Å²) in [5.41, 5.74) is 2.67. The molecular weight excluding hydrogens is 420 g/mol. The molecule has 4 rings (SSSR count). The van der Waals surface area contributed by atoms with Crippen molar-refractivity contribution >= 4 is 44.3 Å². The Labute approximate surface area is 163 Å². The molecule has 0 saturated heterocycles. The topological polar surface area (TPSA) is 63.4 Å². The largest absolute Gasteiger partial charge is 0.486 e. The van der Waals surface area contributed by atoms with Crippen LogP contribution < -0.4 is 14.8 Å². The number of rotatable bonds is 4. The molecule has 5 nitrogen and oxygen atoms in total. The molecule has 0 aliphatic carbocycles. The van der Waals surface area contributed by atoms with E-state index in [4.69, 9.17) is 21.1 Å². The fourth-order valence-electron chi connectivity index (χ4n) is 3.00. The standard InChI is InChI=1S/C19H16BrClN2O3/c20-15-9-18-17(25-5-6-26-18)8-14(15)19(24)22-4-3-11-10-23-16-2-1-12(21)7-13(11)16/h1-2,7-10,23H,3-6H2,(H,22,24). The predicted molar refractivity (Wildman–Crippen MR) is 104 cm³/mol. The lowest BCUT2D eigenvalue weighted by atomic mass is 10.1. The molecule has 0 unspecified atom stereocenters. The van der Waals surface area contributed by atoms with Crippen molar-refractivity contribution in [3.05, 3.63) is 57.2 Å². The lowest BCUT2D eigenvalue weighted by Gasteiger charge is -2.19. The average Bonchev–Trinajstić information content (AvgIpc) is 3.03. The number of nitrogens with one attached hydrogen (secondary N) is 2. The number of amides is 1. The SMILES string of the molecule is O=C(NCCc1c[nH]c2ccc(Cl)cc12)c1cc2c(cc1Br)OCCO2. The molecule has 0 spiro atoms. The van der Waals surface area contributed by atoms with E-state index in [0.29, 0.717) is 52.7 Å². The lowest BCUT2D eigenvalue weighted by Crippen LogP contribution is -2.26. The van der Waals surface area contributed by atoms with Crippen LogP contribution >= 0.6 is 27.5 Å². The summed E-state index contributed by atoms with van der Waals surface area (Å²) in [5, 5.41) is 4.73. The van der Waals surface area contributed by atoms with Crippen LogP contribution in [0.15, 0.2) is 41.0 Å². The molecule has 0 radical (unpaired) electrons. The van der Waals surface area contributed by atoms with Crippen LogP contribution in [0, 0.1) is 0 Å². The van der Waals surface area contributed by atoms with E-state index in [-0.39, 0.29) is 5.91 Å². The monoisotopic (exact) mass is 434 g/mol. The number of hydrogen-bond donors (Lipinski definition) is 2. The van der Waals surface area contributed by atoms with E-state index in [9.17, 15) is 4.79 Å². The minimum atomic E-state index is -0.160. The molecule has 2 heterocycles. The van der Waals surface area contributed by atoms with Crippen LogP contribution in [0.3, 0.4) is 0 Å². The van der Waals surface area contributed by atoms with Gasteiger partial charge in [-0.25, -0.2) is 0 Å². The summed E-state index contributed by atoms with van der Waals surface area (Å²) in [5.74, 6) is 1.08. The maximum Gasteiger partial charge on any atom is 0.252 e. The minimum absolute atomic E-state index is 0.160. The molecule has 0 fully saturated rings. The van der Waals surface area contributed by atoms with E-state index in [1.165, 1.54) is 0 Å². The highest BCUT2D eigenvalue weighted by molar-refractivity contribution is 9.10. The number of benzene rings is 2. The molecule has 1 amide bonds. The second-order valence-corrected chi connectivity index (χ2v) is 7.28. The third-order valence-electron chi connectivity index (χ3n) is 4.29. The van der Waals surface area contributed by atoms with Gasteiger partial charge in [-0.05, 0) is 58.2 Å². The number of H-pyrrole nitrogens is 1. The van der Waals surface area contributed by atoms with Gasteiger partial charge in [-0.15, -0.1) is 0 Å². The van der Waals surface area contributed by atoms with E-state index < -0.39 is 0 Å². The summed E-state index contributed by atoms with van der Waals surface area (Å²) in [7, 11) is 0. The Morgan fingerprint density at radius 2 is 1.96 bits per heavy atom. The third kappa shape index (κ3) is 3.39. The Hall–Kier alpha value is -2.18. The Kier molecular flexibility index (Phi) is 4.78. The van der Waals surface area contributed by atoms with Crippen molar-refractivity contribution in [1.82, 2.24) is 10.3 Å². The van der Waals surface area contributed by atoms with Crippen molar-refractivity contribution in [3.63, 3.8) is 0 Å². The number of halogens is 2. The Morgan fingerprint density at radius 3 is 2.77 bits per heavy atom. The van der Waals surface area contributed by atoms with Crippen molar-refractivity contribution in [2.45, 2.75) is 6.42 Å². The van der Waals surface area contributed by atoms with Gasteiger partial charge in [-0.2, -0.15) is 0 Å². The molecule has 134 valence electrons. The Bertz CT molecular complexity index is 986. The van der Waals surface area contributed by atoms with Gasteiger partial charge in [0.15, 0.2) is 11.5 Å². The first-order valence-electron chi connectivity index (χ1n) is 8.24. The van der Waals surface area contributed by atoms with Crippen LogP contribution in [-0.2, 0) is 6.42 Å². The van der Waals surface area contributed by atoms with Crippen LogP contribution in [-0.4, -0.2) is 30.6 Å². The molecule has 1 aromatic heterocycles. The van der Waals surface area contributed by atoms with Gasteiger partial charge in [0.2, 0.25) is 0 Å². The van der Waals surface area contributed by atoms with Gasteiger partial charge < -0.3 is 19.8 Å². The Morgan fingerprint density at radius 1 is 1.19 bits per heavy atom. The number of ether oxygens (including phenoxy) is 2. The van der Waals surface area contributed by atoms with Crippen LogP contribution in [0.5, 0.6) is 11.5 Å². The number of aromatic amines is 1. The zero-order chi connectivity index (χ0) is 18.1. The molecule has 2 aromatic carbocycles. The molecular formula is C19H16BrClN2O3. The average molecular weight is 436 g/mol. The number of carbonyl (C=O) groups excluding carboxylic acids is 1. The van der Waals surface area contributed by atoms with Crippen molar-refractivity contribution < 1.29 is 14.3 Å². The van der Waals surface area contributed by atoms with Crippen molar-refractivity contribution in [1.29, 1.82) is 0 Å². The predicted octanol–water partition coefficient (Wildman–Crippen LogP) is 4.33. The fourth-order valence-corrected chi connectivity index (χ4v) is 3.68. The second-order valence-electron chi connectivity index (χ2n) is 5.99. The van der Waals surface area contributed by atoms with Gasteiger partial charge in [-0.1, -0.05) is 11.6 Å². The van der Waals surface area contributed by atoms with Crippen LogP contribution in [0.4, 0.5) is 0 Å². The summed E-state index contributed by atoms with van der Waals surface area (Å²) in [4.78, 5) is 15.8. The van der Waals surface area contributed by atoms with Crippen molar-refractivity contribution in [2.24, 2.45) is 0 Å². The third-order valence-corrected chi connectivity index (χ3v) is 5.18. The molecule has 26 heavy (non-hydrogen) atoms. The summed E-state index contributed by atoms with van der Waals surface area (Å²) >= 11 is 9.51. The Balaban J connectivity index is 1.45. The summed E-state index contributed by atoms with van der Waals surface area (Å²) in [6.45, 7) is 1.51. The number of carbonyl (C=O) groups is 1. The first-order chi connectivity index (χ1) is 12.6. The van der Waals surface area contributed by atoms with E-state index in [1.807, 2.05) is 24.4 Å². The van der Waals surface area contributed by atoms with Gasteiger partial charge >= 0.3 is 0 Å². The van der Waals surface area contributed by atoms with Gasteiger partial charge in [0.25, 0.3) is 5.91 Å². The quantitative estimate of drug-likeness (QED) is 0.641. The first kappa shape index (κ1) is 17.2. The van der Waals surface area contributed by atoms with Gasteiger partial charge in [0, 0.05) is 33.1 Å². The second kappa shape index (κ2) is 7.21. The maximum absolute atomic E-state index is 12.5. The molecule has 0 atom stereocenters. The summed E-state index contributed by atoms with van der Waals surface area (Å²) in [6.07, 6.45) is 2.65. The number of aromatic nitrogens is 1. The normalized spacial score (nSPS) is 13.0. The molecule has 3 aromatic rings. The van der Waals surface area contributed by atoms with Crippen molar-refractivity contribution in [3.8, 4) is 11.5 Å². The van der Waals surface area contributed by atoms with Gasteiger partial charge in [-0.3, -0.25) is 4.79 Å². The van der Waals surface area contributed by atoms with Gasteiger partial charge in [0.05, 0.1) is 5.56 Å². The highest BCUT2D eigenvalue weighted by atomic mass is 79.9. The van der Waals surface area contributed by atoms with Crippen LogP contribution in [0.25, 0.3) is 10.9 Å². The molecule has 2 N–H and O–H groups in total. The van der Waals surface area contributed by atoms with Crippen LogP contribution in [0.2, 0.25) is 5.02 Å². The smallest absolute Gasteiger partial charge is 0.252 e. The summed E-state index contributed by atoms with van der Waals surface area (Å²) < 4.78 is 11.7. The molecule has 0 saturated carbocycles. The zero-order valence-corrected chi connectivity index (χ0v) is 16.1. The lowest BCUT2D eigenvalue weighted by molar-refractivity contribution is 0.0952. The fraction of sp³-hybridized carbons (Fsp3) is 0.211. The van der Waals surface area contributed by atoms with Crippen molar-refractivity contribution in [2.75, 3.05) is 19.8 Å². The molecule has 0 bridgehead atoms. The number of fused-ring (bicyclic) bond motifs is 2. The maximum atomic E-state index is 12.5. The summed E-state index contributed by atoms with van der Waals surface area (Å²) in [6, 6.07) is 9.21. The zero-order valence-electron chi connectivity index (χ0n) is 13.8. The number of hydrogen-bond acceptors (Lipinski definition) is 3. The highest BCUT2D eigenvalue weighted by Gasteiger charge is 2.18. The van der Waals surface area contributed by atoms with E-state index in [2.05, 4.69) is 26.2 Å². The minimum Gasteiger partial charge on any atom is -0.486 e. The molecule has 1 aliphatic rings.